The summed E-state index contributed by atoms with van der Waals surface area (Å²) in [7, 11) is 0. The molecule has 3 heteroatoms. The molecule has 0 fully saturated rings. The Morgan fingerprint density at radius 3 is 1.81 bits per heavy atom. The van der Waals surface area contributed by atoms with Gasteiger partial charge in [-0.05, 0) is 52.9 Å². The quantitative estimate of drug-likeness (QED) is 0.218. The van der Waals surface area contributed by atoms with Gasteiger partial charge in [0.25, 0.3) is 0 Å². The molecule has 0 bridgehead atoms. The minimum atomic E-state index is 0.840. The van der Waals surface area contributed by atoms with Gasteiger partial charge in [-0.15, -0.1) is 0 Å². The number of hydrogen-bond acceptors (Lipinski definition) is 3. The predicted octanol–water partition coefficient (Wildman–Crippen LogP) is 11.8. The van der Waals surface area contributed by atoms with Crippen molar-refractivity contribution in [2.24, 2.45) is 0 Å². The molecule has 7 aromatic carbocycles. The standard InChI is InChI=1S/C40H25NO2/c1-2-11-26(12-3-1)28-14-8-15-29(25-28)41(35-20-9-18-32-31-17-6-7-22-37(31)42-39(32)35)36-21-10-19-33-34-24-23-27-13-4-5-16-30(27)38(34)43-40(33)36/h1-25H. The molecule has 2 aromatic heterocycles. The number of fused-ring (bicyclic) bond motifs is 8. The number of benzene rings is 7. The van der Waals surface area contributed by atoms with Crippen molar-refractivity contribution < 1.29 is 8.83 Å². The molecule has 0 amide bonds. The van der Waals surface area contributed by atoms with Crippen molar-refractivity contribution in [2.45, 2.75) is 0 Å². The predicted molar refractivity (Wildman–Crippen MR) is 179 cm³/mol. The van der Waals surface area contributed by atoms with Gasteiger partial charge in [0.05, 0.1) is 11.4 Å². The van der Waals surface area contributed by atoms with Crippen LogP contribution in [0.2, 0.25) is 0 Å². The lowest BCUT2D eigenvalue weighted by molar-refractivity contribution is 0.667. The number of rotatable bonds is 4. The first-order valence-corrected chi connectivity index (χ1v) is 14.5. The van der Waals surface area contributed by atoms with E-state index >= 15 is 0 Å². The summed E-state index contributed by atoms with van der Waals surface area (Å²) in [5, 5.41) is 6.65. The Bertz CT molecular complexity index is 2470. The largest absolute Gasteiger partial charge is 0.454 e. The van der Waals surface area contributed by atoms with Gasteiger partial charge in [-0.2, -0.15) is 0 Å². The highest BCUT2D eigenvalue weighted by molar-refractivity contribution is 6.18. The molecule has 0 aliphatic carbocycles. The summed E-state index contributed by atoms with van der Waals surface area (Å²) >= 11 is 0. The Hall–Kier alpha value is -5.80. The van der Waals surface area contributed by atoms with Crippen molar-refractivity contribution in [1.29, 1.82) is 0 Å². The van der Waals surface area contributed by atoms with Gasteiger partial charge >= 0.3 is 0 Å². The summed E-state index contributed by atoms with van der Waals surface area (Å²) in [5.41, 5.74) is 8.69. The molecule has 0 aliphatic heterocycles. The van der Waals surface area contributed by atoms with Crippen LogP contribution < -0.4 is 4.90 Å². The van der Waals surface area contributed by atoms with Crippen LogP contribution in [0.5, 0.6) is 0 Å². The summed E-state index contributed by atoms with van der Waals surface area (Å²) < 4.78 is 13.4. The number of furan rings is 2. The first-order chi connectivity index (χ1) is 21.3. The van der Waals surface area contributed by atoms with Crippen LogP contribution in [-0.4, -0.2) is 0 Å². The van der Waals surface area contributed by atoms with Crippen molar-refractivity contribution in [3.05, 3.63) is 152 Å². The van der Waals surface area contributed by atoms with E-state index in [4.69, 9.17) is 8.83 Å². The van der Waals surface area contributed by atoms with Crippen molar-refractivity contribution in [3.63, 3.8) is 0 Å². The van der Waals surface area contributed by atoms with Crippen LogP contribution in [0.1, 0.15) is 0 Å². The molecule has 0 N–H and O–H groups in total. The van der Waals surface area contributed by atoms with E-state index in [0.29, 0.717) is 0 Å². The average Bonchev–Trinajstić information content (AvgIpc) is 3.65. The van der Waals surface area contributed by atoms with E-state index in [0.717, 1.165) is 77.3 Å². The second-order valence-electron chi connectivity index (χ2n) is 10.9. The smallest absolute Gasteiger partial charge is 0.159 e. The third kappa shape index (κ3) is 3.68. The van der Waals surface area contributed by atoms with Crippen LogP contribution in [0, 0.1) is 0 Å². The fourth-order valence-electron chi connectivity index (χ4n) is 6.46. The van der Waals surface area contributed by atoms with Crippen LogP contribution in [0.3, 0.4) is 0 Å². The Morgan fingerprint density at radius 2 is 0.977 bits per heavy atom. The minimum Gasteiger partial charge on any atom is -0.454 e. The maximum atomic E-state index is 6.83. The number of hydrogen-bond donors (Lipinski definition) is 0. The van der Waals surface area contributed by atoms with Crippen LogP contribution in [0.25, 0.3) is 65.8 Å². The van der Waals surface area contributed by atoms with Gasteiger partial charge in [-0.3, -0.25) is 0 Å². The Labute approximate surface area is 247 Å². The van der Waals surface area contributed by atoms with Crippen molar-refractivity contribution in [3.8, 4) is 11.1 Å². The van der Waals surface area contributed by atoms with E-state index in [1.54, 1.807) is 0 Å². The monoisotopic (exact) mass is 551 g/mol. The molecule has 0 spiro atoms. The molecule has 3 nitrogen and oxygen atoms in total. The molecule has 0 saturated carbocycles. The van der Waals surface area contributed by atoms with E-state index in [2.05, 4.69) is 138 Å². The normalized spacial score (nSPS) is 11.7. The Kier molecular flexibility index (Phi) is 5.20. The van der Waals surface area contributed by atoms with Crippen molar-refractivity contribution in [2.75, 3.05) is 4.90 Å². The molecule has 0 atom stereocenters. The minimum absolute atomic E-state index is 0.840. The number of para-hydroxylation sites is 3. The summed E-state index contributed by atoms with van der Waals surface area (Å²) in [6.45, 7) is 0. The van der Waals surface area contributed by atoms with Gasteiger partial charge in [0, 0.05) is 32.6 Å². The van der Waals surface area contributed by atoms with Crippen LogP contribution >= 0.6 is 0 Å². The lowest BCUT2D eigenvalue weighted by Gasteiger charge is -2.26. The van der Waals surface area contributed by atoms with Crippen LogP contribution in [0.4, 0.5) is 17.1 Å². The zero-order valence-electron chi connectivity index (χ0n) is 23.2. The van der Waals surface area contributed by atoms with E-state index in [-0.39, 0.29) is 0 Å². The lowest BCUT2D eigenvalue weighted by atomic mass is 10.0. The third-order valence-corrected chi connectivity index (χ3v) is 8.44. The topological polar surface area (TPSA) is 29.5 Å². The molecule has 0 saturated heterocycles. The number of anilines is 3. The highest BCUT2D eigenvalue weighted by Crippen LogP contribution is 2.47. The van der Waals surface area contributed by atoms with Crippen LogP contribution in [0.15, 0.2) is 160 Å². The van der Waals surface area contributed by atoms with Crippen molar-refractivity contribution >= 4 is 71.7 Å². The Balaban J connectivity index is 1.37. The maximum absolute atomic E-state index is 6.83. The molecular formula is C40H25NO2. The zero-order chi connectivity index (χ0) is 28.3. The Morgan fingerprint density at radius 1 is 0.372 bits per heavy atom. The molecular weight excluding hydrogens is 526 g/mol. The van der Waals surface area contributed by atoms with Gasteiger partial charge in [0.1, 0.15) is 11.2 Å². The van der Waals surface area contributed by atoms with E-state index < -0.39 is 0 Å². The van der Waals surface area contributed by atoms with Gasteiger partial charge in [0.2, 0.25) is 0 Å². The third-order valence-electron chi connectivity index (χ3n) is 8.44. The first-order valence-electron chi connectivity index (χ1n) is 14.5. The summed E-state index contributed by atoms with van der Waals surface area (Å²) in [4.78, 5) is 2.28. The molecule has 0 radical (unpaired) electrons. The average molecular weight is 552 g/mol. The zero-order valence-corrected chi connectivity index (χ0v) is 23.2. The van der Waals surface area contributed by atoms with E-state index in [1.807, 2.05) is 18.2 Å². The molecule has 202 valence electrons. The molecule has 0 aliphatic rings. The van der Waals surface area contributed by atoms with Crippen LogP contribution in [-0.2, 0) is 0 Å². The van der Waals surface area contributed by atoms with E-state index in [1.165, 1.54) is 5.56 Å². The highest BCUT2D eigenvalue weighted by atomic mass is 16.3. The van der Waals surface area contributed by atoms with Gasteiger partial charge < -0.3 is 13.7 Å². The van der Waals surface area contributed by atoms with Gasteiger partial charge in [-0.25, -0.2) is 0 Å². The first kappa shape index (κ1) is 23.9. The lowest BCUT2D eigenvalue weighted by Crippen LogP contribution is -2.10. The summed E-state index contributed by atoms with van der Waals surface area (Å²) in [6.07, 6.45) is 0. The number of nitrogens with zero attached hydrogens (tertiary/aromatic N) is 1. The summed E-state index contributed by atoms with van der Waals surface area (Å²) in [6, 6.07) is 53.0. The van der Waals surface area contributed by atoms with Crippen molar-refractivity contribution in [1.82, 2.24) is 0 Å². The maximum Gasteiger partial charge on any atom is 0.159 e. The summed E-state index contributed by atoms with van der Waals surface area (Å²) in [5.74, 6) is 0. The second kappa shape index (κ2) is 9.37. The van der Waals surface area contributed by atoms with Gasteiger partial charge in [0.15, 0.2) is 11.2 Å². The van der Waals surface area contributed by atoms with Gasteiger partial charge in [-0.1, -0.05) is 115 Å². The molecule has 43 heavy (non-hydrogen) atoms. The van der Waals surface area contributed by atoms with E-state index in [9.17, 15) is 0 Å². The molecule has 9 rings (SSSR count). The second-order valence-corrected chi connectivity index (χ2v) is 10.9. The SMILES string of the molecule is c1ccc(-c2cccc(N(c3cccc4c3oc3ccccc34)c3cccc4c3oc3c5ccccc5ccc43)c2)cc1. The highest BCUT2D eigenvalue weighted by Gasteiger charge is 2.23. The molecule has 2 heterocycles. The molecule has 9 aromatic rings. The fraction of sp³-hybridized carbons (Fsp3) is 0. The fourth-order valence-corrected chi connectivity index (χ4v) is 6.46. The molecule has 0 unspecified atom stereocenters.